The van der Waals surface area contributed by atoms with Gasteiger partial charge in [0.15, 0.2) is 5.16 Å². The molecule has 1 aliphatic heterocycles. The van der Waals surface area contributed by atoms with Crippen molar-refractivity contribution in [3.8, 4) is 0 Å². The molecule has 7 heteroatoms. The smallest absolute Gasteiger partial charge is 0.191 e. The molecule has 0 aliphatic carbocycles. The molecule has 0 saturated carbocycles. The van der Waals surface area contributed by atoms with Crippen LogP contribution in [0.3, 0.4) is 0 Å². The number of benzene rings is 1. The van der Waals surface area contributed by atoms with Gasteiger partial charge in [-0.3, -0.25) is 0 Å². The average Bonchev–Trinajstić information content (AvgIpc) is 2.61. The van der Waals surface area contributed by atoms with Crippen LogP contribution in [0.25, 0.3) is 0 Å². The highest BCUT2D eigenvalue weighted by Gasteiger charge is 2.21. The van der Waals surface area contributed by atoms with E-state index in [-0.39, 0.29) is 6.10 Å². The summed E-state index contributed by atoms with van der Waals surface area (Å²) < 4.78 is 5.74. The van der Waals surface area contributed by atoms with Crippen LogP contribution < -0.4 is 16.4 Å². The number of nitrogen functional groups attached to an aromatic ring is 1. The number of aromatic nitrogens is 2. The molecule has 1 aliphatic rings. The summed E-state index contributed by atoms with van der Waals surface area (Å²) in [5.41, 5.74) is 14.2. The van der Waals surface area contributed by atoms with Crippen LogP contribution in [0.4, 0.5) is 11.6 Å². The summed E-state index contributed by atoms with van der Waals surface area (Å²) in [7, 11) is 0. The van der Waals surface area contributed by atoms with Crippen LogP contribution in [-0.2, 0) is 10.5 Å². The predicted molar refractivity (Wildman–Crippen MR) is 103 cm³/mol. The minimum absolute atomic E-state index is 0.151. The van der Waals surface area contributed by atoms with Gasteiger partial charge in [0.05, 0.1) is 12.7 Å². The Morgan fingerprint density at radius 2 is 2.08 bits per heavy atom. The fraction of sp³-hybridized carbons (Fsp3) is 0.444. The molecule has 1 fully saturated rings. The largest absolute Gasteiger partial charge is 0.383 e. The van der Waals surface area contributed by atoms with Crippen LogP contribution >= 0.6 is 11.8 Å². The maximum absolute atomic E-state index is 6.01. The lowest BCUT2D eigenvalue weighted by Crippen LogP contribution is -2.43. The number of nitrogens with zero attached hydrogens (tertiary/aromatic N) is 3. The van der Waals surface area contributed by atoms with Gasteiger partial charge in [-0.1, -0.05) is 41.6 Å². The molecule has 134 valence electrons. The van der Waals surface area contributed by atoms with Crippen molar-refractivity contribution in [3.05, 3.63) is 41.5 Å². The van der Waals surface area contributed by atoms with E-state index >= 15 is 0 Å². The molecule has 0 bridgehead atoms. The van der Waals surface area contributed by atoms with Gasteiger partial charge in [0.1, 0.15) is 11.6 Å². The Morgan fingerprint density at radius 3 is 2.84 bits per heavy atom. The lowest BCUT2D eigenvalue weighted by atomic mass is 10.2. The van der Waals surface area contributed by atoms with Gasteiger partial charge in [0.25, 0.3) is 0 Å². The second-order valence-electron chi connectivity index (χ2n) is 6.22. The molecule has 0 amide bonds. The Kier molecular flexibility index (Phi) is 6.12. The van der Waals surface area contributed by atoms with Gasteiger partial charge in [0.2, 0.25) is 0 Å². The fourth-order valence-electron chi connectivity index (χ4n) is 2.78. The average molecular weight is 359 g/mol. The first-order valence-corrected chi connectivity index (χ1v) is 9.52. The summed E-state index contributed by atoms with van der Waals surface area (Å²) in [4.78, 5) is 11.3. The van der Waals surface area contributed by atoms with E-state index in [1.165, 1.54) is 11.1 Å². The predicted octanol–water partition coefficient (Wildman–Crippen LogP) is 2.21. The van der Waals surface area contributed by atoms with E-state index in [1.807, 2.05) is 6.07 Å². The van der Waals surface area contributed by atoms with Crippen LogP contribution in [0.2, 0.25) is 0 Å². The molecule has 1 aromatic carbocycles. The zero-order valence-electron chi connectivity index (χ0n) is 14.5. The van der Waals surface area contributed by atoms with Crippen LogP contribution in [0.1, 0.15) is 17.5 Å². The van der Waals surface area contributed by atoms with Gasteiger partial charge < -0.3 is 21.1 Å². The zero-order chi connectivity index (χ0) is 17.6. The first-order valence-electron chi connectivity index (χ1n) is 8.53. The highest BCUT2D eigenvalue weighted by Crippen LogP contribution is 2.25. The van der Waals surface area contributed by atoms with Crippen molar-refractivity contribution in [2.24, 2.45) is 5.73 Å². The SMILES string of the molecule is Cc1ccc(CSc2nc(N)cc(N3CCOC(CCN)C3)n2)cc1. The molecular weight excluding hydrogens is 334 g/mol. The number of aryl methyl sites for hydroxylation is 1. The summed E-state index contributed by atoms with van der Waals surface area (Å²) >= 11 is 1.60. The van der Waals surface area contributed by atoms with E-state index in [1.54, 1.807) is 11.8 Å². The zero-order valence-corrected chi connectivity index (χ0v) is 15.3. The van der Waals surface area contributed by atoms with Crippen molar-refractivity contribution in [1.29, 1.82) is 0 Å². The van der Waals surface area contributed by atoms with Gasteiger partial charge in [-0.15, -0.1) is 0 Å². The van der Waals surface area contributed by atoms with Crippen molar-refractivity contribution in [2.75, 3.05) is 36.9 Å². The Bertz CT molecular complexity index is 692. The first kappa shape index (κ1) is 18.0. The maximum Gasteiger partial charge on any atom is 0.191 e. The molecule has 2 aromatic rings. The standard InChI is InChI=1S/C18H25N5OS/c1-13-2-4-14(5-3-13)12-25-18-21-16(20)10-17(22-18)23-8-9-24-15(11-23)6-7-19/h2-5,10,15H,6-9,11-12,19H2,1H3,(H2,20,21,22). The Labute approximate surface area is 153 Å². The second kappa shape index (κ2) is 8.51. The summed E-state index contributed by atoms with van der Waals surface area (Å²) in [6.07, 6.45) is 1.00. The number of morpholine rings is 1. The highest BCUT2D eigenvalue weighted by molar-refractivity contribution is 7.98. The molecule has 25 heavy (non-hydrogen) atoms. The Balaban J connectivity index is 1.68. The first-order chi connectivity index (χ1) is 12.1. The number of nitrogens with two attached hydrogens (primary N) is 2. The lowest BCUT2D eigenvalue weighted by molar-refractivity contribution is 0.0366. The minimum Gasteiger partial charge on any atom is -0.383 e. The Morgan fingerprint density at radius 1 is 1.28 bits per heavy atom. The number of ether oxygens (including phenoxy) is 1. The van der Waals surface area contributed by atoms with Crippen molar-refractivity contribution >= 4 is 23.4 Å². The maximum atomic E-state index is 6.01. The third kappa shape index (κ3) is 5.07. The topological polar surface area (TPSA) is 90.3 Å². The quantitative estimate of drug-likeness (QED) is 0.603. The summed E-state index contributed by atoms with van der Waals surface area (Å²) in [6.45, 7) is 4.99. The molecule has 6 nitrogen and oxygen atoms in total. The third-order valence-corrected chi connectivity index (χ3v) is 5.07. The molecular formula is C18H25N5OS. The number of rotatable bonds is 6. The number of hydrogen-bond donors (Lipinski definition) is 2. The van der Waals surface area contributed by atoms with E-state index < -0.39 is 0 Å². The lowest BCUT2D eigenvalue weighted by Gasteiger charge is -2.33. The molecule has 1 saturated heterocycles. The molecule has 0 radical (unpaired) electrons. The minimum atomic E-state index is 0.151. The summed E-state index contributed by atoms with van der Waals surface area (Å²) in [5.74, 6) is 2.18. The summed E-state index contributed by atoms with van der Waals surface area (Å²) in [6, 6.07) is 10.3. The van der Waals surface area contributed by atoms with Crippen molar-refractivity contribution in [1.82, 2.24) is 9.97 Å². The molecule has 0 spiro atoms. The van der Waals surface area contributed by atoms with Crippen LogP contribution in [0, 0.1) is 6.92 Å². The van der Waals surface area contributed by atoms with E-state index in [0.717, 1.165) is 31.1 Å². The third-order valence-electron chi connectivity index (χ3n) is 4.15. The molecule has 1 aromatic heterocycles. The van der Waals surface area contributed by atoms with Crippen LogP contribution in [0.5, 0.6) is 0 Å². The molecule has 1 atom stereocenters. The molecule has 1 unspecified atom stereocenters. The molecule has 2 heterocycles. The van der Waals surface area contributed by atoms with E-state index in [9.17, 15) is 0 Å². The van der Waals surface area contributed by atoms with E-state index in [2.05, 4.69) is 41.1 Å². The van der Waals surface area contributed by atoms with E-state index in [0.29, 0.717) is 24.1 Å². The summed E-state index contributed by atoms with van der Waals surface area (Å²) in [5, 5.41) is 0.706. The number of thioether (sulfide) groups is 1. The highest BCUT2D eigenvalue weighted by atomic mass is 32.2. The van der Waals surface area contributed by atoms with Crippen LogP contribution in [0.15, 0.2) is 35.5 Å². The van der Waals surface area contributed by atoms with Crippen molar-refractivity contribution in [2.45, 2.75) is 30.4 Å². The van der Waals surface area contributed by atoms with E-state index in [4.69, 9.17) is 21.2 Å². The normalized spacial score (nSPS) is 17.7. The van der Waals surface area contributed by atoms with Gasteiger partial charge >= 0.3 is 0 Å². The second-order valence-corrected chi connectivity index (χ2v) is 7.17. The Hall–Kier alpha value is -1.83. The number of hydrogen-bond acceptors (Lipinski definition) is 7. The fourth-order valence-corrected chi connectivity index (χ4v) is 3.59. The van der Waals surface area contributed by atoms with Crippen molar-refractivity contribution in [3.63, 3.8) is 0 Å². The van der Waals surface area contributed by atoms with Crippen molar-refractivity contribution < 1.29 is 4.74 Å². The molecule has 3 rings (SSSR count). The van der Waals surface area contributed by atoms with Crippen LogP contribution in [-0.4, -0.2) is 42.3 Å². The molecule has 4 N–H and O–H groups in total. The van der Waals surface area contributed by atoms with Gasteiger partial charge in [-0.2, -0.15) is 0 Å². The monoisotopic (exact) mass is 359 g/mol. The van der Waals surface area contributed by atoms with Gasteiger partial charge in [-0.05, 0) is 25.5 Å². The van der Waals surface area contributed by atoms with Gasteiger partial charge in [-0.25, -0.2) is 9.97 Å². The van der Waals surface area contributed by atoms with Gasteiger partial charge in [0, 0.05) is 24.9 Å². The number of anilines is 2.